The Morgan fingerprint density at radius 2 is 2.00 bits per heavy atom. The summed E-state index contributed by atoms with van der Waals surface area (Å²) in [6.07, 6.45) is 6.96. The molecule has 2 aliphatic rings. The lowest BCUT2D eigenvalue weighted by molar-refractivity contribution is -0.135. The first kappa shape index (κ1) is 13.8. The maximum atomic E-state index is 12.6. The van der Waals surface area contributed by atoms with Crippen LogP contribution in [0.15, 0.2) is 48.1 Å². The van der Waals surface area contributed by atoms with Crippen molar-refractivity contribution in [1.29, 1.82) is 0 Å². The lowest BCUT2D eigenvalue weighted by atomic mass is 9.78. The SMILES string of the molecule is CC(=O)c1ccc(CN2CC3=CC=CCC3(C)C2=O)cc1. The van der Waals surface area contributed by atoms with Crippen molar-refractivity contribution in [2.45, 2.75) is 26.8 Å². The quantitative estimate of drug-likeness (QED) is 0.798. The number of likely N-dealkylation sites (tertiary alicyclic amines) is 1. The first-order valence-corrected chi connectivity index (χ1v) is 7.26. The number of allylic oxidation sites excluding steroid dienone is 3. The molecule has 0 saturated carbocycles. The number of nitrogens with zero attached hydrogens (tertiary/aromatic N) is 1. The van der Waals surface area contributed by atoms with Crippen molar-refractivity contribution in [2.75, 3.05) is 6.54 Å². The molecule has 3 nitrogen and oxygen atoms in total. The summed E-state index contributed by atoms with van der Waals surface area (Å²) in [5.41, 5.74) is 2.62. The zero-order chi connectivity index (χ0) is 15.0. The van der Waals surface area contributed by atoms with Gasteiger partial charge in [0.25, 0.3) is 0 Å². The molecule has 1 heterocycles. The summed E-state index contributed by atoms with van der Waals surface area (Å²) < 4.78 is 0. The lowest BCUT2D eigenvalue weighted by Gasteiger charge is -2.24. The number of carbonyl (C=O) groups excluding carboxylic acids is 2. The summed E-state index contributed by atoms with van der Waals surface area (Å²) in [5.74, 6) is 0.266. The van der Waals surface area contributed by atoms with Crippen LogP contribution in [0.2, 0.25) is 0 Å². The topological polar surface area (TPSA) is 37.4 Å². The molecule has 0 spiro atoms. The van der Waals surface area contributed by atoms with Crippen LogP contribution in [-0.2, 0) is 11.3 Å². The van der Waals surface area contributed by atoms with Gasteiger partial charge in [0.1, 0.15) is 0 Å². The van der Waals surface area contributed by atoms with Crippen LogP contribution in [0.1, 0.15) is 36.2 Å². The molecule has 1 fully saturated rings. The molecule has 1 unspecified atom stereocenters. The highest BCUT2D eigenvalue weighted by molar-refractivity contribution is 5.94. The number of ketones is 1. The first-order chi connectivity index (χ1) is 10.0. The number of rotatable bonds is 3. The van der Waals surface area contributed by atoms with Gasteiger partial charge in [0.15, 0.2) is 5.78 Å². The molecule has 1 saturated heterocycles. The fourth-order valence-corrected chi connectivity index (χ4v) is 3.07. The zero-order valence-corrected chi connectivity index (χ0v) is 12.4. The van der Waals surface area contributed by atoms with E-state index in [9.17, 15) is 9.59 Å². The van der Waals surface area contributed by atoms with Gasteiger partial charge in [-0.1, -0.05) is 42.5 Å². The fourth-order valence-electron chi connectivity index (χ4n) is 3.07. The van der Waals surface area contributed by atoms with Crippen LogP contribution in [0, 0.1) is 5.41 Å². The maximum Gasteiger partial charge on any atom is 0.233 e. The van der Waals surface area contributed by atoms with Crippen LogP contribution in [0.25, 0.3) is 0 Å². The van der Waals surface area contributed by atoms with Crippen LogP contribution in [0.3, 0.4) is 0 Å². The van der Waals surface area contributed by atoms with E-state index in [1.165, 1.54) is 5.57 Å². The molecule has 108 valence electrons. The normalized spacial score (nSPS) is 24.0. The Morgan fingerprint density at radius 1 is 1.29 bits per heavy atom. The number of Topliss-reactive ketones (excluding diaryl/α,β-unsaturated/α-hetero) is 1. The Kier molecular flexibility index (Phi) is 3.28. The minimum Gasteiger partial charge on any atom is -0.334 e. The number of hydrogen-bond donors (Lipinski definition) is 0. The molecule has 0 bridgehead atoms. The smallest absolute Gasteiger partial charge is 0.233 e. The summed E-state index contributed by atoms with van der Waals surface area (Å²) in [6, 6.07) is 7.52. The second-order valence-corrected chi connectivity index (χ2v) is 6.07. The minimum atomic E-state index is -0.353. The third-order valence-electron chi connectivity index (χ3n) is 4.52. The summed E-state index contributed by atoms with van der Waals surface area (Å²) in [7, 11) is 0. The Bertz CT molecular complexity index is 654. The van der Waals surface area contributed by atoms with Crippen LogP contribution >= 0.6 is 0 Å². The molecular weight excluding hydrogens is 262 g/mol. The maximum absolute atomic E-state index is 12.6. The van der Waals surface area contributed by atoms with Gasteiger partial charge in [-0.2, -0.15) is 0 Å². The van der Waals surface area contributed by atoms with Crippen molar-refractivity contribution < 1.29 is 9.59 Å². The summed E-state index contributed by atoms with van der Waals surface area (Å²) in [5, 5.41) is 0. The van der Waals surface area contributed by atoms with Crippen molar-refractivity contribution in [2.24, 2.45) is 5.41 Å². The molecule has 1 amide bonds. The van der Waals surface area contributed by atoms with E-state index in [-0.39, 0.29) is 17.1 Å². The van der Waals surface area contributed by atoms with Crippen molar-refractivity contribution in [1.82, 2.24) is 4.90 Å². The van der Waals surface area contributed by atoms with Crippen LogP contribution < -0.4 is 0 Å². The average molecular weight is 281 g/mol. The van der Waals surface area contributed by atoms with Gasteiger partial charge in [-0.3, -0.25) is 9.59 Å². The summed E-state index contributed by atoms with van der Waals surface area (Å²) in [4.78, 5) is 25.8. The Hall–Kier alpha value is -2.16. The van der Waals surface area contributed by atoms with E-state index in [2.05, 4.69) is 12.2 Å². The standard InChI is InChI=1S/C18H19NO2/c1-13(20)15-8-6-14(7-9-15)11-19-12-16-5-3-4-10-18(16,2)17(19)21/h3-9H,10-12H2,1-2H3. The van der Waals surface area contributed by atoms with Crippen LogP contribution in [0.5, 0.6) is 0 Å². The Balaban J connectivity index is 1.77. The zero-order valence-electron chi connectivity index (χ0n) is 12.4. The Morgan fingerprint density at radius 3 is 2.62 bits per heavy atom. The molecule has 0 radical (unpaired) electrons. The van der Waals surface area contributed by atoms with E-state index < -0.39 is 0 Å². The second kappa shape index (κ2) is 4.99. The average Bonchev–Trinajstić information content (AvgIpc) is 2.72. The van der Waals surface area contributed by atoms with E-state index >= 15 is 0 Å². The fraction of sp³-hybridized carbons (Fsp3) is 0.333. The lowest BCUT2D eigenvalue weighted by Crippen LogP contribution is -2.32. The van der Waals surface area contributed by atoms with Gasteiger partial charge < -0.3 is 4.90 Å². The molecule has 1 aliphatic carbocycles. The van der Waals surface area contributed by atoms with E-state index in [1.54, 1.807) is 6.92 Å². The summed E-state index contributed by atoms with van der Waals surface area (Å²) in [6.45, 7) is 4.89. The van der Waals surface area contributed by atoms with Gasteiger partial charge >= 0.3 is 0 Å². The van der Waals surface area contributed by atoms with E-state index in [1.807, 2.05) is 42.2 Å². The molecule has 3 rings (SSSR count). The highest BCUT2D eigenvalue weighted by atomic mass is 16.2. The number of hydrogen-bond acceptors (Lipinski definition) is 2. The van der Waals surface area contributed by atoms with Crippen LogP contribution in [0.4, 0.5) is 0 Å². The molecule has 1 atom stereocenters. The molecule has 1 aromatic carbocycles. The first-order valence-electron chi connectivity index (χ1n) is 7.26. The van der Waals surface area contributed by atoms with Gasteiger partial charge in [0.05, 0.1) is 5.41 Å². The predicted octanol–water partition coefficient (Wildman–Crippen LogP) is 3.12. The summed E-state index contributed by atoms with van der Waals surface area (Å²) >= 11 is 0. The van der Waals surface area contributed by atoms with Crippen molar-refractivity contribution in [3.63, 3.8) is 0 Å². The van der Waals surface area contributed by atoms with Gasteiger partial charge in [-0.25, -0.2) is 0 Å². The monoisotopic (exact) mass is 281 g/mol. The van der Waals surface area contributed by atoms with Gasteiger partial charge in [0, 0.05) is 18.7 Å². The second-order valence-electron chi connectivity index (χ2n) is 6.07. The molecule has 1 aromatic rings. The van der Waals surface area contributed by atoms with Gasteiger partial charge in [-0.05, 0) is 31.4 Å². The molecule has 0 aromatic heterocycles. The molecule has 21 heavy (non-hydrogen) atoms. The highest BCUT2D eigenvalue weighted by Gasteiger charge is 2.46. The van der Waals surface area contributed by atoms with E-state index in [4.69, 9.17) is 0 Å². The van der Waals surface area contributed by atoms with Crippen molar-refractivity contribution in [3.05, 3.63) is 59.2 Å². The largest absolute Gasteiger partial charge is 0.334 e. The molecular formula is C18H19NO2. The molecule has 0 N–H and O–H groups in total. The van der Waals surface area contributed by atoms with Gasteiger partial charge in [-0.15, -0.1) is 0 Å². The number of amides is 1. The molecule has 1 aliphatic heterocycles. The number of carbonyl (C=O) groups is 2. The number of benzene rings is 1. The molecule has 3 heteroatoms. The van der Waals surface area contributed by atoms with E-state index in [0.29, 0.717) is 18.7 Å². The van der Waals surface area contributed by atoms with Gasteiger partial charge in [0.2, 0.25) is 5.91 Å². The highest BCUT2D eigenvalue weighted by Crippen LogP contribution is 2.42. The third kappa shape index (κ3) is 2.33. The minimum absolute atomic E-state index is 0.0635. The van der Waals surface area contributed by atoms with E-state index in [0.717, 1.165) is 12.0 Å². The number of fused-ring (bicyclic) bond motifs is 1. The Labute approximate surface area is 125 Å². The third-order valence-corrected chi connectivity index (χ3v) is 4.52. The van der Waals surface area contributed by atoms with Crippen molar-refractivity contribution in [3.8, 4) is 0 Å². The van der Waals surface area contributed by atoms with Crippen molar-refractivity contribution >= 4 is 11.7 Å². The van der Waals surface area contributed by atoms with Crippen LogP contribution in [-0.4, -0.2) is 23.1 Å². The predicted molar refractivity (Wildman–Crippen MR) is 81.8 cm³/mol.